The van der Waals surface area contributed by atoms with Crippen LogP contribution in [0, 0.1) is 0 Å². The quantitative estimate of drug-likeness (QED) is 0.684. The maximum absolute atomic E-state index is 12.0. The molecule has 3 aliphatic heterocycles. The van der Waals surface area contributed by atoms with E-state index in [1.54, 1.807) is 0 Å². The summed E-state index contributed by atoms with van der Waals surface area (Å²) in [5, 5.41) is 3.48. The van der Waals surface area contributed by atoms with Gasteiger partial charge in [-0.25, -0.2) is 4.79 Å². The summed E-state index contributed by atoms with van der Waals surface area (Å²) < 4.78 is 5.44. The fraction of sp³-hybridized carbons (Fsp3) is 0.917. The fourth-order valence-electron chi connectivity index (χ4n) is 2.45. The monoisotopic (exact) mass is 226 g/mol. The van der Waals surface area contributed by atoms with Crippen molar-refractivity contribution in [3.05, 3.63) is 0 Å². The van der Waals surface area contributed by atoms with Crippen molar-refractivity contribution in [2.45, 2.75) is 57.7 Å². The summed E-state index contributed by atoms with van der Waals surface area (Å²) in [5.74, 6) is 0. The lowest BCUT2D eigenvalue weighted by Crippen LogP contribution is -2.48. The summed E-state index contributed by atoms with van der Waals surface area (Å²) in [4.78, 5) is 13.9. The lowest BCUT2D eigenvalue weighted by atomic mass is 10.0. The predicted molar refractivity (Wildman–Crippen MR) is 62.4 cm³/mol. The second-order valence-electron chi connectivity index (χ2n) is 5.80. The average molecular weight is 226 g/mol. The molecule has 2 atom stereocenters. The van der Waals surface area contributed by atoms with Gasteiger partial charge in [-0.15, -0.1) is 0 Å². The SMILES string of the molecule is CC(C)(C)OC(=O)N1CC[C@@H]2CC[C@H]1CN2. The standard InChI is InChI=1S/C12H22N2O2/c1-12(2,3)16-11(15)14-7-6-9-4-5-10(14)8-13-9/h9-10,13H,4-8H2,1-3H3/t9-,10-/m0/s1. The molecule has 3 rings (SSSR count). The molecule has 4 nitrogen and oxygen atoms in total. The topological polar surface area (TPSA) is 41.6 Å². The van der Waals surface area contributed by atoms with Gasteiger partial charge in [-0.05, 0) is 40.0 Å². The van der Waals surface area contributed by atoms with E-state index in [4.69, 9.17) is 4.74 Å². The number of piperidine rings is 1. The molecule has 0 aliphatic carbocycles. The molecule has 1 amide bonds. The van der Waals surface area contributed by atoms with Crippen LogP contribution in [0.3, 0.4) is 0 Å². The number of ether oxygens (including phenoxy) is 1. The van der Waals surface area contributed by atoms with Crippen molar-refractivity contribution >= 4 is 6.09 Å². The van der Waals surface area contributed by atoms with Gasteiger partial charge in [0, 0.05) is 25.2 Å². The average Bonchev–Trinajstić information content (AvgIpc) is 2.47. The summed E-state index contributed by atoms with van der Waals surface area (Å²) in [6.45, 7) is 7.50. The smallest absolute Gasteiger partial charge is 0.410 e. The van der Waals surface area contributed by atoms with Crippen molar-refractivity contribution in [3.63, 3.8) is 0 Å². The summed E-state index contributed by atoms with van der Waals surface area (Å²) in [6, 6.07) is 0.928. The van der Waals surface area contributed by atoms with E-state index in [0.29, 0.717) is 12.1 Å². The zero-order valence-electron chi connectivity index (χ0n) is 10.5. The van der Waals surface area contributed by atoms with E-state index in [-0.39, 0.29) is 6.09 Å². The molecule has 1 N–H and O–H groups in total. The molecule has 0 saturated carbocycles. The Bertz CT molecular complexity index is 265. The Morgan fingerprint density at radius 1 is 1.31 bits per heavy atom. The van der Waals surface area contributed by atoms with Gasteiger partial charge in [0.05, 0.1) is 0 Å². The number of carbonyl (C=O) groups is 1. The third-order valence-electron chi connectivity index (χ3n) is 3.28. The van der Waals surface area contributed by atoms with Crippen LogP contribution < -0.4 is 5.32 Å². The van der Waals surface area contributed by atoms with Gasteiger partial charge in [0.15, 0.2) is 0 Å². The number of carbonyl (C=O) groups excluding carboxylic acids is 1. The van der Waals surface area contributed by atoms with Crippen LogP contribution in [-0.4, -0.2) is 41.8 Å². The fourth-order valence-corrected chi connectivity index (χ4v) is 2.45. The summed E-state index contributed by atoms with van der Waals surface area (Å²) in [7, 11) is 0. The van der Waals surface area contributed by atoms with E-state index in [9.17, 15) is 4.79 Å². The molecule has 0 aromatic rings. The van der Waals surface area contributed by atoms with E-state index in [1.165, 1.54) is 6.42 Å². The van der Waals surface area contributed by atoms with Crippen LogP contribution >= 0.6 is 0 Å². The molecular weight excluding hydrogens is 204 g/mol. The third kappa shape index (κ3) is 2.67. The predicted octanol–water partition coefficient (Wildman–Crippen LogP) is 1.75. The number of fused-ring (bicyclic) bond motifs is 4. The van der Waals surface area contributed by atoms with Gasteiger partial charge in [0.1, 0.15) is 5.60 Å². The van der Waals surface area contributed by atoms with Crippen LogP contribution in [0.1, 0.15) is 40.0 Å². The number of hydrogen-bond acceptors (Lipinski definition) is 3. The highest BCUT2D eigenvalue weighted by molar-refractivity contribution is 5.68. The van der Waals surface area contributed by atoms with Crippen LogP contribution in [0.2, 0.25) is 0 Å². The molecule has 92 valence electrons. The first-order chi connectivity index (χ1) is 7.46. The zero-order chi connectivity index (χ0) is 11.8. The number of rotatable bonds is 0. The first-order valence-electron chi connectivity index (χ1n) is 6.19. The second kappa shape index (κ2) is 4.24. The summed E-state index contributed by atoms with van der Waals surface area (Å²) in [5.41, 5.74) is -0.394. The first kappa shape index (κ1) is 11.7. The molecule has 4 heteroatoms. The minimum Gasteiger partial charge on any atom is -0.444 e. The molecule has 0 unspecified atom stereocenters. The largest absolute Gasteiger partial charge is 0.444 e. The lowest BCUT2D eigenvalue weighted by molar-refractivity contribution is 0.0173. The molecular formula is C12H22N2O2. The van der Waals surface area contributed by atoms with Gasteiger partial charge in [-0.2, -0.15) is 0 Å². The van der Waals surface area contributed by atoms with Gasteiger partial charge in [0.2, 0.25) is 0 Å². The minimum absolute atomic E-state index is 0.151. The van der Waals surface area contributed by atoms with Crippen molar-refractivity contribution in [3.8, 4) is 0 Å². The Morgan fingerprint density at radius 3 is 2.62 bits per heavy atom. The Labute approximate surface area is 97.3 Å². The molecule has 3 aliphatic rings. The minimum atomic E-state index is -0.394. The molecule has 0 aromatic carbocycles. The summed E-state index contributed by atoms with van der Waals surface area (Å²) >= 11 is 0. The van der Waals surface area contributed by atoms with E-state index in [1.807, 2.05) is 25.7 Å². The molecule has 3 saturated heterocycles. The van der Waals surface area contributed by atoms with Crippen molar-refractivity contribution in [1.82, 2.24) is 10.2 Å². The molecule has 0 spiro atoms. The maximum Gasteiger partial charge on any atom is 0.410 e. The molecule has 2 bridgehead atoms. The molecule has 16 heavy (non-hydrogen) atoms. The van der Waals surface area contributed by atoms with Crippen LogP contribution in [0.5, 0.6) is 0 Å². The van der Waals surface area contributed by atoms with E-state index in [2.05, 4.69) is 5.32 Å². The van der Waals surface area contributed by atoms with E-state index in [0.717, 1.165) is 25.9 Å². The molecule has 0 aromatic heterocycles. The lowest BCUT2D eigenvalue weighted by Gasteiger charge is -2.33. The van der Waals surface area contributed by atoms with Gasteiger partial charge < -0.3 is 15.0 Å². The highest BCUT2D eigenvalue weighted by atomic mass is 16.6. The molecule has 3 heterocycles. The zero-order valence-corrected chi connectivity index (χ0v) is 10.5. The molecule has 3 fully saturated rings. The van der Waals surface area contributed by atoms with E-state index < -0.39 is 5.60 Å². The second-order valence-corrected chi connectivity index (χ2v) is 5.80. The van der Waals surface area contributed by atoms with Crippen molar-refractivity contribution in [1.29, 1.82) is 0 Å². The Hall–Kier alpha value is -0.770. The number of nitrogens with one attached hydrogen (secondary N) is 1. The third-order valence-corrected chi connectivity index (χ3v) is 3.28. The van der Waals surface area contributed by atoms with Gasteiger partial charge >= 0.3 is 6.09 Å². The highest BCUT2D eigenvalue weighted by Gasteiger charge is 2.34. The first-order valence-corrected chi connectivity index (χ1v) is 6.19. The van der Waals surface area contributed by atoms with Crippen molar-refractivity contribution in [2.75, 3.05) is 13.1 Å². The number of amides is 1. The summed E-state index contributed by atoms with van der Waals surface area (Å²) in [6.07, 6.45) is 3.19. The number of hydrogen-bond donors (Lipinski definition) is 1. The Kier molecular flexibility index (Phi) is 3.10. The maximum atomic E-state index is 12.0. The van der Waals surface area contributed by atoms with Crippen molar-refractivity contribution < 1.29 is 9.53 Å². The van der Waals surface area contributed by atoms with Crippen LogP contribution in [0.25, 0.3) is 0 Å². The van der Waals surface area contributed by atoms with Crippen molar-refractivity contribution in [2.24, 2.45) is 0 Å². The molecule has 0 radical (unpaired) electrons. The highest BCUT2D eigenvalue weighted by Crippen LogP contribution is 2.23. The van der Waals surface area contributed by atoms with Crippen LogP contribution in [0.4, 0.5) is 4.79 Å². The number of nitrogens with zero attached hydrogens (tertiary/aromatic N) is 1. The van der Waals surface area contributed by atoms with Gasteiger partial charge in [0.25, 0.3) is 0 Å². The Morgan fingerprint density at radius 2 is 2.06 bits per heavy atom. The Balaban J connectivity index is 2.00. The normalized spacial score (nSPS) is 30.1. The van der Waals surface area contributed by atoms with Gasteiger partial charge in [-0.3, -0.25) is 0 Å². The van der Waals surface area contributed by atoms with Crippen LogP contribution in [-0.2, 0) is 4.74 Å². The van der Waals surface area contributed by atoms with Gasteiger partial charge in [-0.1, -0.05) is 0 Å². The van der Waals surface area contributed by atoms with E-state index >= 15 is 0 Å². The van der Waals surface area contributed by atoms with Crippen LogP contribution in [0.15, 0.2) is 0 Å².